The van der Waals surface area contributed by atoms with Crippen LogP contribution in [0.15, 0.2) is 12.1 Å². The van der Waals surface area contributed by atoms with Gasteiger partial charge in [0.15, 0.2) is 17.5 Å². The van der Waals surface area contributed by atoms with E-state index in [-0.39, 0.29) is 0 Å². The van der Waals surface area contributed by atoms with Gasteiger partial charge in [-0.15, -0.1) is 0 Å². The van der Waals surface area contributed by atoms with Gasteiger partial charge < -0.3 is 10.2 Å². The Morgan fingerprint density at radius 2 is 1.77 bits per heavy atom. The second kappa shape index (κ2) is 8.17. The van der Waals surface area contributed by atoms with Crippen molar-refractivity contribution in [2.45, 2.75) is 32.1 Å². The van der Waals surface area contributed by atoms with Crippen LogP contribution in [0.25, 0.3) is 0 Å². The summed E-state index contributed by atoms with van der Waals surface area (Å²) in [6, 6.07) is 1.71. The molecule has 1 heterocycles. The van der Waals surface area contributed by atoms with Crippen molar-refractivity contribution in [2.75, 3.05) is 26.2 Å². The fraction of sp³-hybridized carbons (Fsp3) is 0.562. The molecular formula is C16H21F3N2O. The zero-order valence-corrected chi connectivity index (χ0v) is 12.5. The first-order valence-corrected chi connectivity index (χ1v) is 7.73. The van der Waals surface area contributed by atoms with Crippen molar-refractivity contribution < 1.29 is 18.0 Å². The number of piperidine rings is 1. The Kier molecular flexibility index (Phi) is 6.24. The van der Waals surface area contributed by atoms with E-state index in [1.54, 1.807) is 0 Å². The molecule has 1 aliphatic heterocycles. The smallest absolute Gasteiger partial charge is 0.254 e. The monoisotopic (exact) mass is 314 g/mol. The molecule has 0 aromatic heterocycles. The molecule has 2 rings (SSSR count). The van der Waals surface area contributed by atoms with Gasteiger partial charge in [0.2, 0.25) is 0 Å². The Hall–Kier alpha value is -1.56. The van der Waals surface area contributed by atoms with Crippen LogP contribution in [-0.2, 0) is 0 Å². The van der Waals surface area contributed by atoms with Gasteiger partial charge in [-0.05, 0) is 57.5 Å². The maximum absolute atomic E-state index is 13.4. The maximum atomic E-state index is 13.4. The molecule has 0 atom stereocenters. The quantitative estimate of drug-likeness (QED) is 0.646. The van der Waals surface area contributed by atoms with Crippen molar-refractivity contribution in [3.05, 3.63) is 35.1 Å². The van der Waals surface area contributed by atoms with E-state index in [4.69, 9.17) is 0 Å². The van der Waals surface area contributed by atoms with E-state index in [2.05, 4.69) is 10.2 Å². The lowest BCUT2D eigenvalue weighted by atomic mass is 10.1. The highest BCUT2D eigenvalue weighted by atomic mass is 19.2. The first-order chi connectivity index (χ1) is 10.6. The Labute approximate surface area is 128 Å². The third-order valence-electron chi connectivity index (χ3n) is 3.92. The van der Waals surface area contributed by atoms with Gasteiger partial charge >= 0.3 is 0 Å². The molecule has 6 heteroatoms. The van der Waals surface area contributed by atoms with Crippen LogP contribution in [0.2, 0.25) is 0 Å². The summed E-state index contributed by atoms with van der Waals surface area (Å²) in [5.74, 6) is -5.06. The molecule has 1 aromatic rings. The van der Waals surface area contributed by atoms with E-state index in [1.165, 1.54) is 19.3 Å². The predicted molar refractivity (Wildman–Crippen MR) is 78.2 cm³/mol. The summed E-state index contributed by atoms with van der Waals surface area (Å²) in [5, 5.41) is 2.54. The molecule has 1 aliphatic rings. The number of carbonyl (C=O) groups is 1. The van der Waals surface area contributed by atoms with Crippen LogP contribution >= 0.6 is 0 Å². The van der Waals surface area contributed by atoms with Gasteiger partial charge in [0, 0.05) is 6.54 Å². The van der Waals surface area contributed by atoms with Crippen molar-refractivity contribution in [3.8, 4) is 0 Å². The lowest BCUT2D eigenvalue weighted by Crippen LogP contribution is -2.31. The number of amides is 1. The third-order valence-corrected chi connectivity index (χ3v) is 3.92. The number of likely N-dealkylation sites (tertiary alicyclic amines) is 1. The molecule has 1 saturated heterocycles. The summed E-state index contributed by atoms with van der Waals surface area (Å²) in [5.41, 5.74) is -0.463. The molecular weight excluding hydrogens is 293 g/mol. The highest BCUT2D eigenvalue weighted by Crippen LogP contribution is 2.15. The average Bonchev–Trinajstić information content (AvgIpc) is 2.53. The SMILES string of the molecule is O=C(NCCCCN1CCCCC1)c1ccc(F)c(F)c1F. The Morgan fingerprint density at radius 1 is 1.05 bits per heavy atom. The van der Waals surface area contributed by atoms with Gasteiger partial charge in [0.05, 0.1) is 5.56 Å². The van der Waals surface area contributed by atoms with Crippen molar-refractivity contribution >= 4 is 5.91 Å². The number of benzene rings is 1. The molecule has 0 spiro atoms. The van der Waals surface area contributed by atoms with Gasteiger partial charge in [-0.3, -0.25) is 4.79 Å². The number of nitrogens with one attached hydrogen (secondary N) is 1. The standard InChI is InChI=1S/C16H21F3N2O/c17-13-7-6-12(14(18)15(13)19)16(22)20-8-2-5-11-21-9-3-1-4-10-21/h6-7H,1-5,8-11H2,(H,20,22). The molecule has 0 saturated carbocycles. The summed E-state index contributed by atoms with van der Waals surface area (Å²) >= 11 is 0. The van der Waals surface area contributed by atoms with E-state index in [0.717, 1.165) is 44.6 Å². The number of nitrogens with zero attached hydrogens (tertiary/aromatic N) is 1. The van der Waals surface area contributed by atoms with E-state index in [0.29, 0.717) is 6.54 Å². The highest BCUT2D eigenvalue weighted by molar-refractivity contribution is 5.94. The Bertz CT molecular complexity index is 516. The average molecular weight is 314 g/mol. The largest absolute Gasteiger partial charge is 0.352 e. The minimum absolute atomic E-state index is 0.394. The fourth-order valence-electron chi connectivity index (χ4n) is 2.64. The molecule has 0 radical (unpaired) electrons. The van der Waals surface area contributed by atoms with E-state index in [1.807, 2.05) is 0 Å². The number of halogens is 3. The van der Waals surface area contributed by atoms with Crippen LogP contribution in [0, 0.1) is 17.5 Å². The van der Waals surface area contributed by atoms with Crippen LogP contribution in [0.4, 0.5) is 13.2 Å². The lowest BCUT2D eigenvalue weighted by molar-refractivity contribution is 0.0947. The van der Waals surface area contributed by atoms with Crippen LogP contribution in [0.1, 0.15) is 42.5 Å². The normalized spacial score (nSPS) is 15.8. The van der Waals surface area contributed by atoms with Crippen molar-refractivity contribution in [1.29, 1.82) is 0 Å². The van der Waals surface area contributed by atoms with Gasteiger partial charge in [0.1, 0.15) is 0 Å². The first kappa shape index (κ1) is 16.8. The lowest BCUT2D eigenvalue weighted by Gasteiger charge is -2.26. The molecule has 1 fully saturated rings. The van der Waals surface area contributed by atoms with Crippen molar-refractivity contribution in [1.82, 2.24) is 10.2 Å². The summed E-state index contributed by atoms with van der Waals surface area (Å²) in [6.45, 7) is 3.65. The fourth-order valence-corrected chi connectivity index (χ4v) is 2.64. The topological polar surface area (TPSA) is 32.3 Å². The highest BCUT2D eigenvalue weighted by Gasteiger charge is 2.18. The van der Waals surface area contributed by atoms with Gasteiger partial charge in [-0.1, -0.05) is 6.42 Å². The molecule has 0 unspecified atom stereocenters. The van der Waals surface area contributed by atoms with E-state index in [9.17, 15) is 18.0 Å². The number of hydrogen-bond acceptors (Lipinski definition) is 2. The van der Waals surface area contributed by atoms with Crippen LogP contribution in [-0.4, -0.2) is 37.0 Å². The molecule has 1 N–H and O–H groups in total. The van der Waals surface area contributed by atoms with Crippen LogP contribution in [0.3, 0.4) is 0 Å². The first-order valence-electron chi connectivity index (χ1n) is 7.73. The third kappa shape index (κ3) is 4.47. The van der Waals surface area contributed by atoms with Crippen molar-refractivity contribution in [3.63, 3.8) is 0 Å². The van der Waals surface area contributed by atoms with Crippen LogP contribution in [0.5, 0.6) is 0 Å². The molecule has 1 amide bonds. The predicted octanol–water partition coefficient (Wildman–Crippen LogP) is 3.10. The van der Waals surface area contributed by atoms with Gasteiger partial charge in [0.25, 0.3) is 5.91 Å². The zero-order chi connectivity index (χ0) is 15.9. The Balaban J connectivity index is 1.70. The second-order valence-electron chi connectivity index (χ2n) is 5.59. The summed E-state index contributed by atoms with van der Waals surface area (Å²) in [6.07, 6.45) is 5.50. The maximum Gasteiger partial charge on any atom is 0.254 e. The second-order valence-corrected chi connectivity index (χ2v) is 5.59. The minimum atomic E-state index is -1.61. The number of carbonyl (C=O) groups excluding carboxylic acids is 1. The van der Waals surface area contributed by atoms with Gasteiger partial charge in [-0.25, -0.2) is 13.2 Å². The molecule has 0 bridgehead atoms. The molecule has 22 heavy (non-hydrogen) atoms. The summed E-state index contributed by atoms with van der Waals surface area (Å²) < 4.78 is 39.3. The number of hydrogen-bond donors (Lipinski definition) is 1. The zero-order valence-electron chi connectivity index (χ0n) is 12.5. The molecule has 1 aromatic carbocycles. The van der Waals surface area contributed by atoms with Gasteiger partial charge in [-0.2, -0.15) is 0 Å². The number of unbranched alkanes of at least 4 members (excludes halogenated alkanes) is 1. The molecule has 122 valence electrons. The van der Waals surface area contributed by atoms with E-state index >= 15 is 0 Å². The molecule has 0 aliphatic carbocycles. The molecule has 3 nitrogen and oxygen atoms in total. The number of rotatable bonds is 6. The van der Waals surface area contributed by atoms with E-state index < -0.39 is 28.9 Å². The Morgan fingerprint density at radius 3 is 2.50 bits per heavy atom. The minimum Gasteiger partial charge on any atom is -0.352 e. The summed E-state index contributed by atoms with van der Waals surface area (Å²) in [4.78, 5) is 14.1. The van der Waals surface area contributed by atoms with Crippen molar-refractivity contribution in [2.24, 2.45) is 0 Å². The van der Waals surface area contributed by atoms with Crippen LogP contribution < -0.4 is 5.32 Å². The summed E-state index contributed by atoms with van der Waals surface area (Å²) in [7, 11) is 0.